The van der Waals surface area contributed by atoms with Gasteiger partial charge in [0.2, 0.25) is 0 Å². The molecule has 0 heterocycles. The van der Waals surface area contributed by atoms with Crippen molar-refractivity contribution >= 4 is 15.6 Å². The molecule has 1 radical (unpaired) electrons. The molecular weight excluding hydrogens is 268 g/mol. The molecule has 69 valence electrons. The molecule has 0 spiro atoms. The van der Waals surface area contributed by atoms with Gasteiger partial charge in [0.1, 0.15) is 0 Å². The van der Waals surface area contributed by atoms with Gasteiger partial charge < -0.3 is 33.9 Å². The summed E-state index contributed by atoms with van der Waals surface area (Å²) in [5.41, 5.74) is 0. The predicted octanol–water partition coefficient (Wildman–Crippen LogP) is -6.75. The Labute approximate surface area is 100 Å². The molecule has 0 saturated carbocycles. The van der Waals surface area contributed by atoms with Gasteiger partial charge in [-0.1, -0.05) is 0 Å². The molecule has 12 heavy (non-hydrogen) atoms. The Kier molecular flexibility index (Phi) is 18.2. The Bertz CT molecular complexity index is 129. The summed E-state index contributed by atoms with van der Waals surface area (Å²) >= 11 is 0. The summed E-state index contributed by atoms with van der Waals surface area (Å²) in [6.45, 7) is 0. The Morgan fingerprint density at radius 1 is 0.917 bits per heavy atom. The SMILES string of the molecule is O=P(O)(O)O.O=P([O-])([O-])[O-].[Mn+2].[Na+]. The summed E-state index contributed by atoms with van der Waals surface area (Å²) in [5, 5.41) is 0. The number of hydrogen-bond donors (Lipinski definition) is 3. The van der Waals surface area contributed by atoms with Crippen LogP contribution in [0, 0.1) is 0 Å². The first-order valence-electron chi connectivity index (χ1n) is 1.51. The maximum Gasteiger partial charge on any atom is 2.00 e. The molecule has 8 nitrogen and oxygen atoms in total. The van der Waals surface area contributed by atoms with Gasteiger partial charge in [0.25, 0.3) is 0 Å². The van der Waals surface area contributed by atoms with Gasteiger partial charge in [-0.05, 0) is 0 Å². The van der Waals surface area contributed by atoms with Crippen LogP contribution in [0.15, 0.2) is 0 Å². The van der Waals surface area contributed by atoms with E-state index in [4.69, 9.17) is 38.5 Å². The van der Waals surface area contributed by atoms with E-state index in [9.17, 15) is 0 Å². The monoisotopic (exact) mass is 271 g/mol. The van der Waals surface area contributed by atoms with Crippen LogP contribution < -0.4 is 44.2 Å². The van der Waals surface area contributed by atoms with Crippen molar-refractivity contribution in [2.45, 2.75) is 0 Å². The van der Waals surface area contributed by atoms with Gasteiger partial charge >= 0.3 is 54.4 Å². The quantitative estimate of drug-likeness (QED) is 0.289. The zero-order valence-corrected chi connectivity index (χ0v) is 10.6. The van der Waals surface area contributed by atoms with Crippen molar-refractivity contribution in [2.75, 3.05) is 0 Å². The van der Waals surface area contributed by atoms with E-state index in [0.29, 0.717) is 0 Å². The summed E-state index contributed by atoms with van der Waals surface area (Å²) in [4.78, 5) is 47.2. The minimum Gasteiger partial charge on any atom is -0.822 e. The molecule has 0 amide bonds. The van der Waals surface area contributed by atoms with Crippen molar-refractivity contribution in [1.82, 2.24) is 0 Å². The van der Waals surface area contributed by atoms with E-state index >= 15 is 0 Å². The summed E-state index contributed by atoms with van der Waals surface area (Å²) in [6, 6.07) is 0. The molecule has 0 aliphatic carbocycles. The first-order valence-corrected chi connectivity index (χ1v) is 4.54. The molecule has 0 saturated heterocycles. The Morgan fingerprint density at radius 2 is 0.917 bits per heavy atom. The molecule has 0 aliphatic heterocycles. The van der Waals surface area contributed by atoms with Gasteiger partial charge in [0.05, 0.1) is 0 Å². The van der Waals surface area contributed by atoms with E-state index in [1.165, 1.54) is 0 Å². The zero-order valence-electron chi connectivity index (χ0n) is 5.66. The molecule has 3 N–H and O–H groups in total. The van der Waals surface area contributed by atoms with Crippen LogP contribution in [0.2, 0.25) is 0 Å². The fourth-order valence-electron chi connectivity index (χ4n) is 0. The third-order valence-electron chi connectivity index (χ3n) is 0. The summed E-state index contributed by atoms with van der Waals surface area (Å²) in [6.07, 6.45) is 0. The Morgan fingerprint density at radius 3 is 0.917 bits per heavy atom. The molecule has 0 atom stereocenters. The molecule has 0 fully saturated rings. The van der Waals surface area contributed by atoms with Crippen LogP contribution in [-0.2, 0) is 26.2 Å². The van der Waals surface area contributed by atoms with Crippen molar-refractivity contribution in [3.63, 3.8) is 0 Å². The van der Waals surface area contributed by atoms with Crippen LogP contribution in [0.1, 0.15) is 0 Å². The van der Waals surface area contributed by atoms with Gasteiger partial charge in [-0.25, -0.2) is 4.57 Å². The molecule has 0 unspecified atom stereocenters. The van der Waals surface area contributed by atoms with E-state index in [-0.39, 0.29) is 46.6 Å². The van der Waals surface area contributed by atoms with E-state index in [2.05, 4.69) is 0 Å². The average Bonchev–Trinajstić information content (AvgIpc) is 1.12. The minimum absolute atomic E-state index is 0. The standard InChI is InChI=1S/Mn.Na.2H3O4P/c;;2*1-5(2,3)4/h;;2*(H3,1,2,3,4)/q+2;+1;;/p-3. The van der Waals surface area contributed by atoms with Gasteiger partial charge in [-0.15, -0.1) is 0 Å². The summed E-state index contributed by atoms with van der Waals surface area (Å²) in [7, 11) is -10.0. The molecule has 0 aromatic rings. The number of phosphoric acid groups is 2. The molecule has 0 rings (SSSR count). The topological polar surface area (TPSA) is 164 Å². The summed E-state index contributed by atoms with van der Waals surface area (Å²) < 4.78 is 17.4. The predicted molar refractivity (Wildman–Crippen MR) is 21.9 cm³/mol. The third-order valence-corrected chi connectivity index (χ3v) is 0. The van der Waals surface area contributed by atoms with Crippen LogP contribution in [0.3, 0.4) is 0 Å². The molecule has 12 heteroatoms. The van der Waals surface area contributed by atoms with E-state index < -0.39 is 15.6 Å². The second kappa shape index (κ2) is 9.30. The maximum atomic E-state index is 8.88. The zero-order chi connectivity index (χ0) is 9.00. The van der Waals surface area contributed by atoms with Crippen LogP contribution in [0.5, 0.6) is 0 Å². The van der Waals surface area contributed by atoms with Crippen molar-refractivity contribution in [1.29, 1.82) is 0 Å². The minimum atomic E-state index is -5.39. The molecule has 0 aromatic heterocycles. The Hall–Kier alpha value is 1.74. The molecule has 0 aliphatic rings. The summed E-state index contributed by atoms with van der Waals surface area (Å²) in [5.74, 6) is 0. The maximum absolute atomic E-state index is 8.88. The van der Waals surface area contributed by atoms with Gasteiger partial charge in [0, 0.05) is 0 Å². The number of rotatable bonds is 0. The average molecular weight is 271 g/mol. The smallest absolute Gasteiger partial charge is 0.822 e. The van der Waals surface area contributed by atoms with Crippen molar-refractivity contribution in [3.05, 3.63) is 0 Å². The first-order chi connectivity index (χ1) is 4.00. The van der Waals surface area contributed by atoms with Gasteiger partial charge in [-0.3, -0.25) is 0 Å². The van der Waals surface area contributed by atoms with E-state index in [1.54, 1.807) is 0 Å². The van der Waals surface area contributed by atoms with E-state index in [0.717, 1.165) is 0 Å². The molecule has 0 bridgehead atoms. The Balaban J connectivity index is -0.0000000457. The van der Waals surface area contributed by atoms with Crippen molar-refractivity contribution < 1.29 is 85.1 Å². The first kappa shape index (κ1) is 23.5. The van der Waals surface area contributed by atoms with Crippen LogP contribution in [0.25, 0.3) is 0 Å². The van der Waals surface area contributed by atoms with Crippen LogP contribution in [0.4, 0.5) is 0 Å². The normalized spacial score (nSPS) is 9.83. The van der Waals surface area contributed by atoms with Crippen molar-refractivity contribution in [2.24, 2.45) is 0 Å². The number of hydrogen-bond acceptors (Lipinski definition) is 5. The fourth-order valence-corrected chi connectivity index (χ4v) is 0. The van der Waals surface area contributed by atoms with E-state index in [1.807, 2.05) is 0 Å². The second-order valence-electron chi connectivity index (χ2n) is 0.960. The van der Waals surface area contributed by atoms with Crippen molar-refractivity contribution in [3.8, 4) is 0 Å². The second-order valence-corrected chi connectivity index (χ2v) is 2.88. The van der Waals surface area contributed by atoms with Crippen LogP contribution >= 0.6 is 15.6 Å². The molecule has 0 aromatic carbocycles. The van der Waals surface area contributed by atoms with Crippen LogP contribution in [-0.4, -0.2) is 14.7 Å². The fraction of sp³-hybridized carbons (Fsp3) is 0. The third kappa shape index (κ3) is 447. The van der Waals surface area contributed by atoms with Gasteiger partial charge in [0.15, 0.2) is 0 Å². The molecular formula is H3MnNaO8P2. The van der Waals surface area contributed by atoms with Gasteiger partial charge in [-0.2, -0.15) is 7.82 Å². The largest absolute Gasteiger partial charge is 2.00 e.